The summed E-state index contributed by atoms with van der Waals surface area (Å²) in [7, 11) is -0.382. The Morgan fingerprint density at radius 2 is 1.00 bits per heavy atom. The van der Waals surface area contributed by atoms with Gasteiger partial charge in [-0.1, -0.05) is 58.3 Å². The van der Waals surface area contributed by atoms with E-state index in [4.69, 9.17) is 0 Å². The summed E-state index contributed by atoms with van der Waals surface area (Å²) in [4.78, 5) is 0. The SMILES string of the molecule is CCCCCCCCCCCCCCCCCCC1([SiH2]c2ccccc2)C(C)=C(C)[C]([Ti+3])=C1C.[Cl-].[Cl-].[Cl-]. The fraction of sp³-hybridized carbons (Fsp3) is 0.688. The van der Waals surface area contributed by atoms with Crippen LogP contribution in [0.4, 0.5) is 0 Å². The molecule has 210 valence electrons. The van der Waals surface area contributed by atoms with Gasteiger partial charge in [0.05, 0.1) is 0 Å². The summed E-state index contributed by atoms with van der Waals surface area (Å²) in [5.74, 6) is 0. The predicted molar refractivity (Wildman–Crippen MR) is 153 cm³/mol. The molecule has 0 nitrogen and oxygen atoms in total. The maximum absolute atomic E-state index is 2.44. The van der Waals surface area contributed by atoms with Gasteiger partial charge >= 0.3 is 170 Å². The molecule has 0 heterocycles. The third-order valence-corrected chi connectivity index (χ3v) is 12.6. The summed E-state index contributed by atoms with van der Waals surface area (Å²) in [6, 6.07) is 11.4. The minimum absolute atomic E-state index is 0. The van der Waals surface area contributed by atoms with Crippen LogP contribution in [0, 0.1) is 0 Å². The van der Waals surface area contributed by atoms with Crippen molar-refractivity contribution in [3.8, 4) is 0 Å². The van der Waals surface area contributed by atoms with Gasteiger partial charge in [-0.2, -0.15) is 0 Å². The predicted octanol–water partition coefficient (Wildman–Crippen LogP) is 0.474. The van der Waals surface area contributed by atoms with E-state index >= 15 is 0 Å². The molecule has 0 aromatic heterocycles. The Kier molecular flexibility index (Phi) is 24.9. The fourth-order valence-electron chi connectivity index (χ4n) is 6.00. The van der Waals surface area contributed by atoms with Crippen LogP contribution in [-0.2, 0) is 20.4 Å². The minimum atomic E-state index is -0.382. The van der Waals surface area contributed by atoms with E-state index in [9.17, 15) is 0 Å². The van der Waals surface area contributed by atoms with Crippen molar-refractivity contribution in [2.24, 2.45) is 0 Å². The minimum Gasteiger partial charge on any atom is -1.00 e. The fourth-order valence-corrected chi connectivity index (χ4v) is 9.54. The zero-order valence-electron chi connectivity index (χ0n) is 24.2. The van der Waals surface area contributed by atoms with Gasteiger partial charge in [-0.25, -0.2) is 0 Å². The van der Waals surface area contributed by atoms with Crippen molar-refractivity contribution in [1.82, 2.24) is 0 Å². The molecule has 2 rings (SSSR count). The first-order valence-electron chi connectivity index (χ1n) is 14.7. The summed E-state index contributed by atoms with van der Waals surface area (Å²) in [5, 5.41) is 2.02. The molecule has 0 radical (unpaired) electrons. The van der Waals surface area contributed by atoms with E-state index in [1.165, 1.54) is 109 Å². The van der Waals surface area contributed by atoms with Crippen molar-refractivity contribution in [1.29, 1.82) is 0 Å². The zero-order valence-corrected chi connectivity index (χ0v) is 29.5. The number of unbranched alkanes of at least 4 members (excludes halogenated alkanes) is 15. The van der Waals surface area contributed by atoms with E-state index < -0.39 is 0 Å². The summed E-state index contributed by atoms with van der Waals surface area (Å²) in [6.45, 7) is 9.55. The van der Waals surface area contributed by atoms with Crippen LogP contribution in [0.25, 0.3) is 0 Å². The quantitative estimate of drug-likeness (QED) is 0.156. The van der Waals surface area contributed by atoms with Crippen LogP contribution in [0.3, 0.4) is 0 Å². The van der Waals surface area contributed by atoms with Gasteiger partial charge in [0.2, 0.25) is 0 Å². The summed E-state index contributed by atoms with van der Waals surface area (Å²) < 4.78 is 1.58. The number of hydrogen-bond acceptors (Lipinski definition) is 0. The average molecular weight is 620 g/mol. The largest absolute Gasteiger partial charge is 1.00 e. The molecule has 0 fully saturated rings. The number of rotatable bonds is 19. The first-order valence-corrected chi connectivity index (χ1v) is 16.9. The molecule has 0 N–H and O–H groups in total. The Morgan fingerprint density at radius 1 is 0.595 bits per heavy atom. The van der Waals surface area contributed by atoms with Crippen LogP contribution >= 0.6 is 0 Å². The molecule has 1 aliphatic carbocycles. The van der Waals surface area contributed by atoms with E-state index in [0.29, 0.717) is 5.04 Å². The third-order valence-electron chi connectivity index (χ3n) is 8.55. The van der Waals surface area contributed by atoms with Gasteiger partial charge < -0.3 is 37.2 Å². The third kappa shape index (κ3) is 13.6. The Morgan fingerprint density at radius 3 is 1.38 bits per heavy atom. The van der Waals surface area contributed by atoms with E-state index in [-0.39, 0.29) is 46.7 Å². The Bertz CT molecular complexity index is 737. The van der Waals surface area contributed by atoms with E-state index in [1.54, 1.807) is 25.8 Å². The Balaban J connectivity index is 0. The molecule has 37 heavy (non-hydrogen) atoms. The maximum Gasteiger partial charge on any atom is -1.00 e. The smallest absolute Gasteiger partial charge is 1.00 e. The molecule has 1 unspecified atom stereocenters. The molecular formula is C32H53Cl3SiTi. The number of allylic oxidation sites excluding steroid dienone is 4. The van der Waals surface area contributed by atoms with Crippen molar-refractivity contribution in [2.75, 3.05) is 0 Å². The van der Waals surface area contributed by atoms with Crippen LogP contribution in [0.15, 0.2) is 50.9 Å². The Labute approximate surface area is 263 Å². The molecule has 0 saturated carbocycles. The van der Waals surface area contributed by atoms with Gasteiger partial charge in [-0.05, 0) is 0 Å². The van der Waals surface area contributed by atoms with E-state index in [0.717, 1.165) is 0 Å². The first kappa shape index (κ1) is 39.6. The number of benzene rings is 1. The van der Waals surface area contributed by atoms with Gasteiger partial charge in [0.25, 0.3) is 0 Å². The van der Waals surface area contributed by atoms with Gasteiger partial charge in [0.1, 0.15) is 0 Å². The first-order chi connectivity index (χ1) is 16.5. The number of hydrogen-bond donors (Lipinski definition) is 0. The van der Waals surface area contributed by atoms with Crippen molar-refractivity contribution in [2.45, 2.75) is 142 Å². The molecular weight excluding hydrogens is 567 g/mol. The molecule has 0 amide bonds. The van der Waals surface area contributed by atoms with Crippen LogP contribution in [0.1, 0.15) is 137 Å². The van der Waals surface area contributed by atoms with Crippen molar-refractivity contribution in [3.63, 3.8) is 0 Å². The molecule has 1 atom stereocenters. The summed E-state index contributed by atoms with van der Waals surface area (Å²) >= 11 is 2.36. The standard InChI is InChI=1S/C32H53Si.3ClH.Ti/c1-5-6-7-8-9-10-11-12-13-14-15-16-17-18-19-23-26-32(29(3)27-28(2)30(32)4)33-31-24-21-20-22-25-31;;;;/h20-22,24-25H,5-19,23,26,33H2,1-4H3;3*1H;/q;;;;+3/p-3. The Hall–Kier alpha value is 0.501. The van der Waals surface area contributed by atoms with Gasteiger partial charge in [-0.15, -0.1) is 0 Å². The summed E-state index contributed by atoms with van der Waals surface area (Å²) in [6.07, 6.45) is 24.5. The van der Waals surface area contributed by atoms with Crippen LogP contribution < -0.4 is 42.4 Å². The molecule has 1 aromatic rings. The van der Waals surface area contributed by atoms with Gasteiger partial charge in [0.15, 0.2) is 0 Å². The van der Waals surface area contributed by atoms with Crippen molar-refractivity contribution < 1.29 is 57.7 Å². The average Bonchev–Trinajstić information content (AvgIpc) is 3.00. The molecule has 0 spiro atoms. The number of halogens is 3. The molecule has 1 aromatic carbocycles. The molecule has 0 aliphatic heterocycles. The van der Waals surface area contributed by atoms with E-state index in [2.05, 4.69) is 78.5 Å². The van der Waals surface area contributed by atoms with Crippen LogP contribution in [-0.4, -0.2) is 9.52 Å². The van der Waals surface area contributed by atoms with Gasteiger partial charge in [-0.3, -0.25) is 0 Å². The van der Waals surface area contributed by atoms with Crippen LogP contribution in [0.5, 0.6) is 0 Å². The maximum atomic E-state index is 2.44. The second kappa shape index (κ2) is 23.2. The zero-order chi connectivity index (χ0) is 24.7. The monoisotopic (exact) mass is 618 g/mol. The second-order valence-electron chi connectivity index (χ2n) is 11.0. The van der Waals surface area contributed by atoms with Gasteiger partial charge in [0, 0.05) is 0 Å². The molecule has 5 heteroatoms. The molecule has 0 saturated heterocycles. The topological polar surface area (TPSA) is 0 Å². The van der Waals surface area contributed by atoms with Crippen molar-refractivity contribution in [3.05, 3.63) is 50.9 Å². The molecule has 1 aliphatic rings. The second-order valence-corrected chi connectivity index (χ2v) is 14.2. The summed E-state index contributed by atoms with van der Waals surface area (Å²) in [5.41, 5.74) is 4.97. The normalized spacial score (nSPS) is 17.2. The molecule has 0 bridgehead atoms. The van der Waals surface area contributed by atoms with E-state index in [1.807, 2.05) is 0 Å². The van der Waals surface area contributed by atoms with Crippen molar-refractivity contribution >= 4 is 14.7 Å². The van der Waals surface area contributed by atoms with Crippen LogP contribution in [0.2, 0.25) is 5.04 Å².